The molecule has 1 saturated heterocycles. The highest BCUT2D eigenvalue weighted by Crippen LogP contribution is 2.25. The summed E-state index contributed by atoms with van der Waals surface area (Å²) >= 11 is 0. The normalized spacial score (nSPS) is 24.6. The SMILES string of the molecule is COC1(C)CCCN(Cc2cc(CN)ccc2F)C1. The second kappa shape index (κ2) is 5.99. The van der Waals surface area contributed by atoms with Gasteiger partial charge >= 0.3 is 0 Å². The Morgan fingerprint density at radius 2 is 2.26 bits per heavy atom. The smallest absolute Gasteiger partial charge is 0.127 e. The van der Waals surface area contributed by atoms with Crippen LogP contribution in [0.15, 0.2) is 18.2 Å². The van der Waals surface area contributed by atoms with Gasteiger partial charge < -0.3 is 10.5 Å². The molecule has 3 nitrogen and oxygen atoms in total. The van der Waals surface area contributed by atoms with Crippen molar-refractivity contribution in [1.29, 1.82) is 0 Å². The molecule has 1 unspecified atom stereocenters. The minimum atomic E-state index is -0.151. The third-order valence-corrected chi connectivity index (χ3v) is 3.97. The molecule has 0 spiro atoms. The zero-order valence-corrected chi connectivity index (χ0v) is 11.8. The molecule has 1 aromatic rings. The van der Waals surface area contributed by atoms with E-state index in [9.17, 15) is 4.39 Å². The van der Waals surface area contributed by atoms with Crippen LogP contribution < -0.4 is 5.73 Å². The second-order valence-electron chi connectivity index (χ2n) is 5.60. The summed E-state index contributed by atoms with van der Waals surface area (Å²) in [6.07, 6.45) is 2.15. The van der Waals surface area contributed by atoms with Crippen molar-refractivity contribution in [3.63, 3.8) is 0 Å². The Kier molecular flexibility index (Phi) is 4.55. The van der Waals surface area contributed by atoms with Crippen molar-refractivity contribution >= 4 is 0 Å². The molecule has 106 valence electrons. The molecule has 0 radical (unpaired) electrons. The molecule has 1 heterocycles. The van der Waals surface area contributed by atoms with E-state index in [-0.39, 0.29) is 11.4 Å². The molecule has 0 bridgehead atoms. The van der Waals surface area contributed by atoms with E-state index in [0.29, 0.717) is 13.1 Å². The number of hydrogen-bond donors (Lipinski definition) is 1. The van der Waals surface area contributed by atoms with Gasteiger partial charge in [-0.2, -0.15) is 0 Å². The molecular formula is C15H23FN2O. The molecule has 2 N–H and O–H groups in total. The van der Waals surface area contributed by atoms with Crippen LogP contribution in [0.4, 0.5) is 4.39 Å². The van der Waals surface area contributed by atoms with Gasteiger partial charge in [0.25, 0.3) is 0 Å². The number of nitrogens with two attached hydrogens (primary N) is 1. The Morgan fingerprint density at radius 3 is 2.95 bits per heavy atom. The first-order valence-electron chi connectivity index (χ1n) is 6.81. The van der Waals surface area contributed by atoms with Gasteiger partial charge in [-0.05, 0) is 37.9 Å². The summed E-state index contributed by atoms with van der Waals surface area (Å²) in [5.74, 6) is -0.151. The van der Waals surface area contributed by atoms with E-state index in [2.05, 4.69) is 11.8 Å². The van der Waals surface area contributed by atoms with E-state index in [0.717, 1.165) is 37.1 Å². The summed E-state index contributed by atoms with van der Waals surface area (Å²) in [4.78, 5) is 2.26. The van der Waals surface area contributed by atoms with Crippen LogP contribution in [-0.2, 0) is 17.8 Å². The van der Waals surface area contributed by atoms with Gasteiger partial charge in [0.2, 0.25) is 0 Å². The fraction of sp³-hybridized carbons (Fsp3) is 0.600. The summed E-state index contributed by atoms with van der Waals surface area (Å²) in [6, 6.07) is 5.12. The van der Waals surface area contributed by atoms with Gasteiger partial charge in [-0.3, -0.25) is 4.90 Å². The molecule has 1 aromatic carbocycles. The average molecular weight is 266 g/mol. The fourth-order valence-corrected chi connectivity index (χ4v) is 2.73. The van der Waals surface area contributed by atoms with Crippen molar-refractivity contribution < 1.29 is 9.13 Å². The van der Waals surface area contributed by atoms with Crippen LogP contribution in [0.1, 0.15) is 30.9 Å². The van der Waals surface area contributed by atoms with Crippen molar-refractivity contribution in [3.05, 3.63) is 35.1 Å². The number of methoxy groups -OCH3 is 1. The number of halogens is 1. The van der Waals surface area contributed by atoms with Gasteiger partial charge in [0.15, 0.2) is 0 Å². The first-order chi connectivity index (χ1) is 9.06. The van der Waals surface area contributed by atoms with E-state index in [1.165, 1.54) is 6.07 Å². The molecule has 4 heteroatoms. The van der Waals surface area contributed by atoms with Crippen molar-refractivity contribution in [2.45, 2.75) is 38.5 Å². The van der Waals surface area contributed by atoms with Crippen LogP contribution in [0, 0.1) is 5.82 Å². The molecule has 2 rings (SSSR count). The lowest BCUT2D eigenvalue weighted by molar-refractivity contribution is -0.0528. The number of likely N-dealkylation sites (tertiary alicyclic amines) is 1. The second-order valence-corrected chi connectivity index (χ2v) is 5.60. The number of ether oxygens (including phenoxy) is 1. The van der Waals surface area contributed by atoms with E-state index >= 15 is 0 Å². The number of hydrogen-bond acceptors (Lipinski definition) is 3. The maximum atomic E-state index is 13.8. The van der Waals surface area contributed by atoms with Crippen LogP contribution in [0.2, 0.25) is 0 Å². The van der Waals surface area contributed by atoms with Crippen LogP contribution in [-0.4, -0.2) is 30.7 Å². The minimum Gasteiger partial charge on any atom is -0.377 e. The summed E-state index contributed by atoms with van der Waals surface area (Å²) in [5.41, 5.74) is 7.20. The zero-order chi connectivity index (χ0) is 13.9. The Hall–Kier alpha value is -0.970. The number of piperidine rings is 1. The predicted octanol–water partition coefficient (Wildman–Crippen LogP) is 2.29. The highest BCUT2D eigenvalue weighted by Gasteiger charge is 2.30. The minimum absolute atomic E-state index is 0.111. The summed E-state index contributed by atoms with van der Waals surface area (Å²) in [5, 5.41) is 0. The average Bonchev–Trinajstić information content (AvgIpc) is 2.41. The lowest BCUT2D eigenvalue weighted by atomic mass is 9.94. The first-order valence-corrected chi connectivity index (χ1v) is 6.81. The van der Waals surface area contributed by atoms with Crippen LogP contribution in [0.3, 0.4) is 0 Å². The zero-order valence-electron chi connectivity index (χ0n) is 11.8. The van der Waals surface area contributed by atoms with Crippen LogP contribution >= 0.6 is 0 Å². The topological polar surface area (TPSA) is 38.5 Å². The molecule has 0 amide bonds. The Labute approximate surface area is 114 Å². The van der Waals surface area contributed by atoms with Crippen molar-refractivity contribution in [1.82, 2.24) is 4.90 Å². The Morgan fingerprint density at radius 1 is 1.47 bits per heavy atom. The van der Waals surface area contributed by atoms with Crippen molar-refractivity contribution in [3.8, 4) is 0 Å². The van der Waals surface area contributed by atoms with Crippen molar-refractivity contribution in [2.75, 3.05) is 20.2 Å². The van der Waals surface area contributed by atoms with Gasteiger partial charge in [0.1, 0.15) is 5.82 Å². The van der Waals surface area contributed by atoms with Gasteiger partial charge in [0, 0.05) is 32.3 Å². The maximum absolute atomic E-state index is 13.8. The molecule has 19 heavy (non-hydrogen) atoms. The van der Waals surface area contributed by atoms with E-state index in [1.54, 1.807) is 13.2 Å². The molecule has 1 fully saturated rings. The molecule has 1 aliphatic rings. The van der Waals surface area contributed by atoms with E-state index in [4.69, 9.17) is 10.5 Å². The number of rotatable bonds is 4. The van der Waals surface area contributed by atoms with Crippen LogP contribution in [0.25, 0.3) is 0 Å². The van der Waals surface area contributed by atoms with Crippen LogP contribution in [0.5, 0.6) is 0 Å². The molecular weight excluding hydrogens is 243 g/mol. The van der Waals surface area contributed by atoms with Crippen molar-refractivity contribution in [2.24, 2.45) is 5.73 Å². The molecule has 1 atom stereocenters. The molecule has 0 aliphatic carbocycles. The third kappa shape index (κ3) is 3.53. The maximum Gasteiger partial charge on any atom is 0.127 e. The quantitative estimate of drug-likeness (QED) is 0.908. The number of nitrogens with zero attached hydrogens (tertiary/aromatic N) is 1. The Balaban J connectivity index is 2.08. The lowest BCUT2D eigenvalue weighted by Crippen LogP contribution is -2.46. The number of benzene rings is 1. The molecule has 0 saturated carbocycles. The Bertz CT molecular complexity index is 438. The predicted molar refractivity (Wildman–Crippen MR) is 74.2 cm³/mol. The highest BCUT2D eigenvalue weighted by atomic mass is 19.1. The van der Waals surface area contributed by atoms with Gasteiger partial charge in [-0.1, -0.05) is 12.1 Å². The standard InChI is InChI=1S/C15H23FN2O/c1-15(19-2)6-3-7-18(11-15)10-13-8-12(9-17)4-5-14(13)16/h4-5,8H,3,6-7,9-11,17H2,1-2H3. The monoisotopic (exact) mass is 266 g/mol. The van der Waals surface area contributed by atoms with Gasteiger partial charge in [0.05, 0.1) is 5.60 Å². The first kappa shape index (κ1) is 14.4. The molecule has 0 aromatic heterocycles. The van der Waals surface area contributed by atoms with Gasteiger partial charge in [-0.25, -0.2) is 4.39 Å². The summed E-state index contributed by atoms with van der Waals surface area (Å²) < 4.78 is 19.4. The highest BCUT2D eigenvalue weighted by molar-refractivity contribution is 5.25. The largest absolute Gasteiger partial charge is 0.377 e. The van der Waals surface area contributed by atoms with Gasteiger partial charge in [-0.15, -0.1) is 0 Å². The van der Waals surface area contributed by atoms with E-state index < -0.39 is 0 Å². The summed E-state index contributed by atoms with van der Waals surface area (Å²) in [7, 11) is 1.75. The third-order valence-electron chi connectivity index (χ3n) is 3.97. The lowest BCUT2D eigenvalue weighted by Gasteiger charge is -2.39. The summed E-state index contributed by atoms with van der Waals surface area (Å²) in [6.45, 7) is 5.02. The van der Waals surface area contributed by atoms with E-state index in [1.807, 2.05) is 6.07 Å². The fourth-order valence-electron chi connectivity index (χ4n) is 2.73. The molecule has 1 aliphatic heterocycles.